The predicted octanol–water partition coefficient (Wildman–Crippen LogP) is 2.37. The summed E-state index contributed by atoms with van der Waals surface area (Å²) >= 11 is 0. The Labute approximate surface area is 133 Å². The van der Waals surface area contributed by atoms with E-state index < -0.39 is 6.10 Å². The summed E-state index contributed by atoms with van der Waals surface area (Å²) in [4.78, 5) is 0. The van der Waals surface area contributed by atoms with E-state index in [2.05, 4.69) is 30.4 Å². The molecule has 0 aliphatic carbocycles. The average Bonchev–Trinajstić information content (AvgIpc) is 2.50. The van der Waals surface area contributed by atoms with Gasteiger partial charge in [-0.1, -0.05) is 36.4 Å². The summed E-state index contributed by atoms with van der Waals surface area (Å²) in [6, 6.07) is 16.8. The third-order valence-electron chi connectivity index (χ3n) is 3.72. The van der Waals surface area contributed by atoms with Crippen LogP contribution in [0.15, 0.2) is 48.5 Å². The van der Waals surface area contributed by atoms with E-state index in [4.69, 9.17) is 4.74 Å². The van der Waals surface area contributed by atoms with Gasteiger partial charge in [-0.2, -0.15) is 0 Å². The number of aliphatic hydroxyl groups excluding tert-OH is 1. The van der Waals surface area contributed by atoms with Gasteiger partial charge in [0.05, 0.1) is 0 Å². The second-order valence-corrected chi connectivity index (χ2v) is 5.96. The largest absolute Gasteiger partial charge is 0.491 e. The average molecular weight is 300 g/mol. The SMILES string of the molecule is Cc1cc(C)cc(OC[C@H](O)C[NH2+][C@H](C)c2ccccc2)c1. The maximum Gasteiger partial charge on any atom is 0.137 e. The van der Waals surface area contributed by atoms with Gasteiger partial charge in [-0.15, -0.1) is 0 Å². The van der Waals surface area contributed by atoms with E-state index in [1.54, 1.807) is 0 Å². The topological polar surface area (TPSA) is 46.1 Å². The van der Waals surface area contributed by atoms with Gasteiger partial charge in [-0.3, -0.25) is 0 Å². The highest BCUT2D eigenvalue weighted by molar-refractivity contribution is 5.33. The number of benzene rings is 2. The highest BCUT2D eigenvalue weighted by Crippen LogP contribution is 2.16. The van der Waals surface area contributed by atoms with Crippen LogP contribution in [0.2, 0.25) is 0 Å². The van der Waals surface area contributed by atoms with Crippen LogP contribution in [0.25, 0.3) is 0 Å². The Hall–Kier alpha value is -1.84. The van der Waals surface area contributed by atoms with Crippen LogP contribution in [0.5, 0.6) is 5.75 Å². The number of ether oxygens (including phenoxy) is 1. The Balaban J connectivity index is 1.77. The van der Waals surface area contributed by atoms with Gasteiger partial charge in [0.2, 0.25) is 0 Å². The minimum absolute atomic E-state index is 0.320. The number of quaternary nitrogens is 1. The smallest absolute Gasteiger partial charge is 0.137 e. The van der Waals surface area contributed by atoms with E-state index in [1.807, 2.05) is 44.2 Å². The summed E-state index contributed by atoms with van der Waals surface area (Å²) in [5.41, 5.74) is 3.62. The van der Waals surface area contributed by atoms with E-state index in [9.17, 15) is 5.11 Å². The fourth-order valence-electron chi connectivity index (χ4n) is 2.53. The van der Waals surface area contributed by atoms with Gasteiger partial charge in [0.15, 0.2) is 0 Å². The van der Waals surface area contributed by atoms with Crippen LogP contribution in [-0.4, -0.2) is 24.4 Å². The van der Waals surface area contributed by atoms with Crippen LogP contribution in [0.1, 0.15) is 29.7 Å². The molecule has 0 spiro atoms. The first kappa shape index (κ1) is 16.5. The minimum Gasteiger partial charge on any atom is -0.491 e. The zero-order valence-corrected chi connectivity index (χ0v) is 13.6. The van der Waals surface area contributed by atoms with Crippen LogP contribution in [0.4, 0.5) is 0 Å². The van der Waals surface area contributed by atoms with Gasteiger partial charge < -0.3 is 15.2 Å². The van der Waals surface area contributed by atoms with Gasteiger partial charge in [0.25, 0.3) is 0 Å². The number of aryl methyl sites for hydroxylation is 2. The molecule has 2 aromatic rings. The van der Waals surface area contributed by atoms with Crippen LogP contribution < -0.4 is 10.1 Å². The van der Waals surface area contributed by atoms with Crippen molar-refractivity contribution in [1.82, 2.24) is 0 Å². The van der Waals surface area contributed by atoms with Crippen LogP contribution in [-0.2, 0) is 0 Å². The third kappa shape index (κ3) is 5.17. The van der Waals surface area contributed by atoms with E-state index in [1.165, 1.54) is 16.7 Å². The first-order chi connectivity index (χ1) is 10.5. The minimum atomic E-state index is -0.480. The standard InChI is InChI=1S/C19H25NO2/c1-14-9-15(2)11-19(10-14)22-13-18(21)12-20-16(3)17-7-5-4-6-8-17/h4-11,16,18,20-21H,12-13H2,1-3H3/p+1/t16-,18-/m1/s1. The number of nitrogens with two attached hydrogens (primary N) is 1. The number of hydrogen-bond acceptors (Lipinski definition) is 2. The molecule has 2 aromatic carbocycles. The van der Waals surface area contributed by atoms with Gasteiger partial charge in [-0.25, -0.2) is 0 Å². The molecule has 0 saturated heterocycles. The Bertz CT molecular complexity index is 563. The van der Waals surface area contributed by atoms with E-state index in [-0.39, 0.29) is 0 Å². The van der Waals surface area contributed by atoms with E-state index >= 15 is 0 Å². The van der Waals surface area contributed by atoms with Crippen molar-refractivity contribution in [2.75, 3.05) is 13.2 Å². The second kappa shape index (κ2) is 7.97. The van der Waals surface area contributed by atoms with Crippen LogP contribution in [0, 0.1) is 13.8 Å². The normalized spacial score (nSPS) is 13.6. The van der Waals surface area contributed by atoms with Crippen molar-refractivity contribution in [3.63, 3.8) is 0 Å². The number of hydrogen-bond donors (Lipinski definition) is 2. The zero-order chi connectivity index (χ0) is 15.9. The summed E-state index contributed by atoms with van der Waals surface area (Å²) in [5, 5.41) is 12.2. The summed E-state index contributed by atoms with van der Waals surface area (Å²) < 4.78 is 5.70. The van der Waals surface area contributed by atoms with Crippen molar-refractivity contribution < 1.29 is 15.2 Å². The summed E-state index contributed by atoms with van der Waals surface area (Å²) in [5.74, 6) is 0.827. The van der Waals surface area contributed by atoms with Crippen molar-refractivity contribution in [2.24, 2.45) is 0 Å². The van der Waals surface area contributed by atoms with Crippen LogP contribution >= 0.6 is 0 Å². The second-order valence-electron chi connectivity index (χ2n) is 5.96. The fourth-order valence-corrected chi connectivity index (χ4v) is 2.53. The molecular formula is C19H26NO2+. The molecule has 0 heterocycles. The molecule has 0 amide bonds. The molecule has 0 aliphatic heterocycles. The molecule has 0 saturated carbocycles. The third-order valence-corrected chi connectivity index (χ3v) is 3.72. The Morgan fingerprint density at radius 3 is 2.32 bits per heavy atom. The van der Waals surface area contributed by atoms with Gasteiger partial charge >= 0.3 is 0 Å². The summed E-state index contributed by atoms with van der Waals surface area (Å²) in [7, 11) is 0. The highest BCUT2D eigenvalue weighted by atomic mass is 16.5. The highest BCUT2D eigenvalue weighted by Gasteiger charge is 2.12. The maximum atomic E-state index is 10.1. The molecule has 2 atom stereocenters. The lowest BCUT2D eigenvalue weighted by molar-refractivity contribution is -0.698. The van der Waals surface area contributed by atoms with Crippen molar-refractivity contribution in [1.29, 1.82) is 0 Å². The van der Waals surface area contributed by atoms with Crippen molar-refractivity contribution >= 4 is 0 Å². The lowest BCUT2D eigenvalue weighted by Crippen LogP contribution is -2.87. The summed E-state index contributed by atoms with van der Waals surface area (Å²) in [6.45, 7) is 7.19. The molecule has 0 aliphatic rings. The van der Waals surface area contributed by atoms with E-state index in [0.717, 1.165) is 5.75 Å². The molecular weight excluding hydrogens is 274 g/mol. The lowest BCUT2D eigenvalue weighted by Gasteiger charge is -2.15. The molecule has 0 fully saturated rings. The molecule has 0 radical (unpaired) electrons. The monoisotopic (exact) mass is 300 g/mol. The predicted molar refractivity (Wildman–Crippen MR) is 89.1 cm³/mol. The van der Waals surface area contributed by atoms with E-state index in [0.29, 0.717) is 19.2 Å². The number of aliphatic hydroxyl groups is 1. The molecule has 3 nitrogen and oxygen atoms in total. The Morgan fingerprint density at radius 2 is 1.68 bits per heavy atom. The van der Waals surface area contributed by atoms with Crippen LogP contribution in [0.3, 0.4) is 0 Å². The molecule has 0 unspecified atom stereocenters. The molecule has 3 heteroatoms. The molecule has 2 rings (SSSR count). The fraction of sp³-hybridized carbons (Fsp3) is 0.368. The van der Waals surface area contributed by atoms with Gasteiger partial charge in [0.1, 0.15) is 31.0 Å². The van der Waals surface area contributed by atoms with Crippen molar-refractivity contribution in [2.45, 2.75) is 32.9 Å². The molecule has 0 bridgehead atoms. The van der Waals surface area contributed by atoms with Crippen molar-refractivity contribution in [3.05, 3.63) is 65.2 Å². The molecule has 118 valence electrons. The van der Waals surface area contributed by atoms with Crippen molar-refractivity contribution in [3.8, 4) is 5.75 Å². The first-order valence-corrected chi connectivity index (χ1v) is 7.82. The molecule has 22 heavy (non-hydrogen) atoms. The number of rotatable bonds is 7. The van der Waals surface area contributed by atoms with Gasteiger partial charge in [0, 0.05) is 5.56 Å². The Morgan fingerprint density at radius 1 is 1.05 bits per heavy atom. The quantitative estimate of drug-likeness (QED) is 0.824. The summed E-state index contributed by atoms with van der Waals surface area (Å²) in [6.07, 6.45) is -0.480. The first-order valence-electron chi connectivity index (χ1n) is 7.82. The zero-order valence-electron chi connectivity index (χ0n) is 13.6. The lowest BCUT2D eigenvalue weighted by atomic mass is 10.1. The molecule has 0 aromatic heterocycles. The maximum absolute atomic E-state index is 10.1. The Kier molecular flexibility index (Phi) is 5.99. The van der Waals surface area contributed by atoms with Gasteiger partial charge in [-0.05, 0) is 44.0 Å². The molecule has 3 N–H and O–H groups in total.